The van der Waals surface area contributed by atoms with Crippen molar-refractivity contribution in [1.29, 1.82) is 0 Å². The smallest absolute Gasteiger partial charge is 0.251 e. The Morgan fingerprint density at radius 2 is 2.00 bits per heavy atom. The zero-order valence-corrected chi connectivity index (χ0v) is 9.27. The Morgan fingerprint density at radius 1 is 1.35 bits per heavy atom. The van der Waals surface area contributed by atoms with E-state index in [0.717, 1.165) is 0 Å². The van der Waals surface area contributed by atoms with Gasteiger partial charge in [0.2, 0.25) is 5.91 Å². The Morgan fingerprint density at radius 3 is 2.53 bits per heavy atom. The van der Waals surface area contributed by atoms with E-state index in [0.29, 0.717) is 11.3 Å². The van der Waals surface area contributed by atoms with Crippen LogP contribution < -0.4 is 11.5 Å². The summed E-state index contributed by atoms with van der Waals surface area (Å²) < 4.78 is 24.6. The van der Waals surface area contributed by atoms with Gasteiger partial charge in [0.15, 0.2) is 0 Å². The number of alkyl halides is 2. The van der Waals surface area contributed by atoms with E-state index in [1.165, 1.54) is 4.90 Å². The summed E-state index contributed by atoms with van der Waals surface area (Å²) in [5.41, 5.74) is 11.9. The summed E-state index contributed by atoms with van der Waals surface area (Å²) in [7, 11) is 0. The zero-order valence-electron chi connectivity index (χ0n) is 9.27. The molecule has 0 radical (unpaired) electrons. The standard InChI is InChI=1S/C11H15F2N3O/c12-10(13)6-16(7-11(15)17)5-8-3-1-2-4-9(8)14/h1-4,10H,5-7,14H2,(H2,15,17). The first-order valence-corrected chi connectivity index (χ1v) is 5.11. The Hall–Kier alpha value is -1.69. The summed E-state index contributed by atoms with van der Waals surface area (Å²) in [6.45, 7) is -0.532. The number of anilines is 1. The van der Waals surface area contributed by atoms with E-state index in [-0.39, 0.29) is 13.1 Å². The second-order valence-electron chi connectivity index (χ2n) is 3.73. The Kier molecular flexibility index (Phi) is 4.84. The Labute approximate surface area is 98.2 Å². The van der Waals surface area contributed by atoms with Gasteiger partial charge in [-0.3, -0.25) is 9.69 Å². The lowest BCUT2D eigenvalue weighted by Gasteiger charge is -2.20. The number of carbonyl (C=O) groups is 1. The molecule has 1 aromatic rings. The number of amides is 1. The SMILES string of the molecule is NC(=O)CN(Cc1ccccc1N)CC(F)F. The van der Waals surface area contributed by atoms with Crippen LogP contribution in [0.15, 0.2) is 24.3 Å². The maximum atomic E-state index is 12.3. The number of nitrogens with zero attached hydrogens (tertiary/aromatic N) is 1. The van der Waals surface area contributed by atoms with Crippen molar-refractivity contribution in [2.45, 2.75) is 13.0 Å². The summed E-state index contributed by atoms with van der Waals surface area (Å²) in [5, 5.41) is 0. The first-order chi connectivity index (χ1) is 7.99. The van der Waals surface area contributed by atoms with Gasteiger partial charge in [0, 0.05) is 12.2 Å². The molecule has 0 unspecified atom stereocenters. The molecule has 1 aromatic carbocycles. The first-order valence-electron chi connectivity index (χ1n) is 5.11. The molecule has 0 aliphatic carbocycles. The molecular weight excluding hydrogens is 228 g/mol. The quantitative estimate of drug-likeness (QED) is 0.726. The summed E-state index contributed by atoms with van der Waals surface area (Å²) in [6, 6.07) is 6.93. The molecule has 94 valence electrons. The first kappa shape index (κ1) is 13.4. The highest BCUT2D eigenvalue weighted by Crippen LogP contribution is 2.14. The second-order valence-corrected chi connectivity index (χ2v) is 3.73. The van der Waals surface area contributed by atoms with Crippen molar-refractivity contribution < 1.29 is 13.6 Å². The van der Waals surface area contributed by atoms with Crippen molar-refractivity contribution in [2.24, 2.45) is 5.73 Å². The lowest BCUT2D eigenvalue weighted by Crippen LogP contribution is -2.36. The second kappa shape index (κ2) is 6.15. The summed E-state index contributed by atoms with van der Waals surface area (Å²) in [6.07, 6.45) is -2.51. The Bertz CT molecular complexity index is 385. The molecule has 0 spiro atoms. The number of benzene rings is 1. The van der Waals surface area contributed by atoms with Crippen molar-refractivity contribution in [3.05, 3.63) is 29.8 Å². The fourth-order valence-electron chi connectivity index (χ4n) is 1.52. The molecule has 4 nitrogen and oxygen atoms in total. The van der Waals surface area contributed by atoms with Crippen LogP contribution in [0.2, 0.25) is 0 Å². The van der Waals surface area contributed by atoms with Gasteiger partial charge in [-0.15, -0.1) is 0 Å². The van der Waals surface area contributed by atoms with E-state index in [1.54, 1.807) is 24.3 Å². The fraction of sp³-hybridized carbons (Fsp3) is 0.364. The minimum Gasteiger partial charge on any atom is -0.398 e. The van der Waals surface area contributed by atoms with Crippen molar-refractivity contribution in [3.8, 4) is 0 Å². The molecule has 0 saturated carbocycles. The van der Waals surface area contributed by atoms with Crippen molar-refractivity contribution in [1.82, 2.24) is 4.90 Å². The predicted octanol–water partition coefficient (Wildman–Crippen LogP) is 0.821. The van der Waals surface area contributed by atoms with Gasteiger partial charge in [0.25, 0.3) is 6.43 Å². The topological polar surface area (TPSA) is 72.4 Å². The van der Waals surface area contributed by atoms with E-state index >= 15 is 0 Å². The molecule has 0 saturated heterocycles. The lowest BCUT2D eigenvalue weighted by molar-refractivity contribution is -0.119. The predicted molar refractivity (Wildman–Crippen MR) is 61.3 cm³/mol. The number of rotatable bonds is 6. The van der Waals surface area contributed by atoms with Crippen molar-refractivity contribution in [2.75, 3.05) is 18.8 Å². The maximum Gasteiger partial charge on any atom is 0.251 e. The summed E-state index contributed by atoms with van der Waals surface area (Å²) in [4.78, 5) is 12.0. The van der Waals surface area contributed by atoms with E-state index in [9.17, 15) is 13.6 Å². The van der Waals surface area contributed by atoms with Crippen LogP contribution >= 0.6 is 0 Å². The number of nitrogens with two attached hydrogens (primary N) is 2. The largest absolute Gasteiger partial charge is 0.398 e. The lowest BCUT2D eigenvalue weighted by atomic mass is 10.1. The van der Waals surface area contributed by atoms with Crippen molar-refractivity contribution in [3.63, 3.8) is 0 Å². The number of halogens is 2. The van der Waals surface area contributed by atoms with Gasteiger partial charge in [-0.05, 0) is 11.6 Å². The maximum absolute atomic E-state index is 12.3. The average molecular weight is 243 g/mol. The normalized spacial score (nSPS) is 11.1. The number of para-hydroxylation sites is 1. The average Bonchev–Trinajstić information content (AvgIpc) is 2.19. The van der Waals surface area contributed by atoms with Crippen LogP contribution in [0.4, 0.5) is 14.5 Å². The molecule has 0 aliphatic rings. The number of hydrogen-bond donors (Lipinski definition) is 2. The van der Waals surface area contributed by atoms with Crippen LogP contribution in [0, 0.1) is 0 Å². The fourth-order valence-corrected chi connectivity index (χ4v) is 1.52. The summed E-state index contributed by atoms with van der Waals surface area (Å²) >= 11 is 0. The number of primary amides is 1. The van der Waals surface area contributed by atoms with Gasteiger partial charge >= 0.3 is 0 Å². The van der Waals surface area contributed by atoms with E-state index < -0.39 is 18.9 Å². The molecular formula is C11H15F2N3O. The number of nitrogen functional groups attached to an aromatic ring is 1. The molecule has 0 bridgehead atoms. The number of hydrogen-bond acceptors (Lipinski definition) is 3. The Balaban J connectivity index is 2.71. The molecule has 0 heterocycles. The van der Waals surface area contributed by atoms with Crippen LogP contribution in [-0.2, 0) is 11.3 Å². The molecule has 6 heteroatoms. The third kappa shape index (κ3) is 4.78. The van der Waals surface area contributed by atoms with Gasteiger partial charge in [-0.1, -0.05) is 18.2 Å². The minimum absolute atomic E-state index is 0.181. The van der Waals surface area contributed by atoms with Crippen LogP contribution in [0.25, 0.3) is 0 Å². The van der Waals surface area contributed by atoms with Gasteiger partial charge in [0.1, 0.15) is 0 Å². The molecule has 0 atom stereocenters. The monoisotopic (exact) mass is 243 g/mol. The number of carbonyl (C=O) groups excluding carboxylic acids is 1. The van der Waals surface area contributed by atoms with Crippen molar-refractivity contribution >= 4 is 11.6 Å². The molecule has 0 aromatic heterocycles. The third-order valence-electron chi connectivity index (χ3n) is 2.22. The van der Waals surface area contributed by atoms with Crippen LogP contribution in [-0.4, -0.2) is 30.3 Å². The minimum atomic E-state index is -2.51. The van der Waals surface area contributed by atoms with E-state index in [1.807, 2.05) is 0 Å². The van der Waals surface area contributed by atoms with Gasteiger partial charge < -0.3 is 11.5 Å². The zero-order chi connectivity index (χ0) is 12.8. The molecule has 1 amide bonds. The van der Waals surface area contributed by atoms with E-state index in [4.69, 9.17) is 11.5 Å². The molecule has 4 N–H and O–H groups in total. The molecule has 0 fully saturated rings. The highest BCUT2D eigenvalue weighted by atomic mass is 19.3. The third-order valence-corrected chi connectivity index (χ3v) is 2.22. The van der Waals surface area contributed by atoms with Crippen LogP contribution in [0.3, 0.4) is 0 Å². The highest BCUT2D eigenvalue weighted by molar-refractivity contribution is 5.75. The van der Waals surface area contributed by atoms with Gasteiger partial charge in [0.05, 0.1) is 13.1 Å². The molecule has 1 rings (SSSR count). The van der Waals surface area contributed by atoms with E-state index in [2.05, 4.69) is 0 Å². The summed E-state index contributed by atoms with van der Waals surface area (Å²) in [5.74, 6) is -0.639. The molecule has 0 aliphatic heterocycles. The van der Waals surface area contributed by atoms with Crippen LogP contribution in [0.1, 0.15) is 5.56 Å². The van der Waals surface area contributed by atoms with Gasteiger partial charge in [-0.25, -0.2) is 8.78 Å². The molecule has 17 heavy (non-hydrogen) atoms. The van der Waals surface area contributed by atoms with Crippen LogP contribution in [0.5, 0.6) is 0 Å². The van der Waals surface area contributed by atoms with Gasteiger partial charge in [-0.2, -0.15) is 0 Å². The highest BCUT2D eigenvalue weighted by Gasteiger charge is 2.15.